The molecule has 0 aliphatic heterocycles. The van der Waals surface area contributed by atoms with Crippen LogP contribution in [0.25, 0.3) is 5.65 Å². The summed E-state index contributed by atoms with van der Waals surface area (Å²) in [7, 11) is 0. The fourth-order valence-electron chi connectivity index (χ4n) is 3.73. The Kier molecular flexibility index (Phi) is 4.27. The molecule has 0 saturated carbocycles. The molecule has 26 heavy (non-hydrogen) atoms. The lowest BCUT2D eigenvalue weighted by molar-refractivity contribution is -0.120. The zero-order chi connectivity index (χ0) is 18.3. The van der Waals surface area contributed by atoms with Crippen molar-refractivity contribution in [3.8, 4) is 0 Å². The molecule has 1 aliphatic carbocycles. The molecule has 1 aromatic carbocycles. The van der Waals surface area contributed by atoms with Gasteiger partial charge in [0.15, 0.2) is 0 Å². The fraction of sp³-hybridized carbons (Fsp3) is 0.364. The number of hydrogen-bond acceptors (Lipinski definition) is 2. The topological polar surface area (TPSA) is 46.4 Å². The molecule has 4 heteroatoms. The summed E-state index contributed by atoms with van der Waals surface area (Å²) >= 11 is 0. The highest BCUT2D eigenvalue weighted by Gasteiger charge is 2.28. The van der Waals surface area contributed by atoms with E-state index in [4.69, 9.17) is 4.98 Å². The van der Waals surface area contributed by atoms with Crippen LogP contribution in [-0.2, 0) is 17.6 Å². The number of imidazole rings is 1. The smallest absolute Gasteiger partial charge is 0.227 e. The summed E-state index contributed by atoms with van der Waals surface area (Å²) in [5, 5.41) is 3.09. The number of carbonyl (C=O) groups excluding carboxylic acids is 1. The molecule has 1 aliphatic rings. The van der Waals surface area contributed by atoms with Crippen molar-refractivity contribution in [1.29, 1.82) is 0 Å². The zero-order valence-corrected chi connectivity index (χ0v) is 15.6. The summed E-state index contributed by atoms with van der Waals surface area (Å²) in [6.07, 6.45) is 4.53. The number of carbonyl (C=O) groups is 1. The summed E-state index contributed by atoms with van der Waals surface area (Å²) in [5.41, 5.74) is 6.67. The van der Waals surface area contributed by atoms with Crippen molar-refractivity contribution >= 4 is 17.2 Å². The second kappa shape index (κ2) is 6.60. The molecule has 1 amide bonds. The first-order valence-electron chi connectivity index (χ1n) is 9.38. The van der Waals surface area contributed by atoms with Crippen LogP contribution in [0, 0.1) is 12.8 Å². The van der Waals surface area contributed by atoms with E-state index in [1.807, 2.05) is 12.1 Å². The molecule has 134 valence electrons. The van der Waals surface area contributed by atoms with E-state index in [1.54, 1.807) is 0 Å². The van der Waals surface area contributed by atoms with Gasteiger partial charge in [-0.25, -0.2) is 4.98 Å². The molecule has 4 nitrogen and oxygen atoms in total. The Balaban J connectivity index is 1.51. The van der Waals surface area contributed by atoms with E-state index in [0.717, 1.165) is 36.3 Å². The highest BCUT2D eigenvalue weighted by molar-refractivity contribution is 5.92. The Hall–Kier alpha value is -2.62. The number of nitrogens with zero attached hydrogens (tertiary/aromatic N) is 2. The summed E-state index contributed by atoms with van der Waals surface area (Å²) in [6, 6.07) is 12.4. The van der Waals surface area contributed by atoms with Crippen LogP contribution >= 0.6 is 0 Å². The number of aromatic nitrogens is 2. The SMILES string of the molecule is Cc1ccn2c3c(nc2c1)CCC(C(=O)Nc1ccc(C(C)C)cc1)C3. The number of benzene rings is 1. The molecular weight excluding hydrogens is 322 g/mol. The molecule has 1 N–H and O–H groups in total. The number of rotatable bonds is 3. The largest absolute Gasteiger partial charge is 0.326 e. The minimum absolute atomic E-state index is 0.00604. The summed E-state index contributed by atoms with van der Waals surface area (Å²) < 4.78 is 2.14. The van der Waals surface area contributed by atoms with E-state index >= 15 is 0 Å². The quantitative estimate of drug-likeness (QED) is 0.758. The maximum Gasteiger partial charge on any atom is 0.227 e. The number of aryl methyl sites for hydroxylation is 2. The van der Waals surface area contributed by atoms with Gasteiger partial charge >= 0.3 is 0 Å². The molecule has 0 saturated heterocycles. The van der Waals surface area contributed by atoms with Crippen molar-refractivity contribution < 1.29 is 4.79 Å². The van der Waals surface area contributed by atoms with E-state index in [0.29, 0.717) is 5.92 Å². The van der Waals surface area contributed by atoms with Gasteiger partial charge in [-0.3, -0.25) is 4.79 Å². The number of anilines is 1. The van der Waals surface area contributed by atoms with Gasteiger partial charge in [-0.1, -0.05) is 26.0 Å². The number of fused-ring (bicyclic) bond motifs is 3. The van der Waals surface area contributed by atoms with E-state index < -0.39 is 0 Å². The van der Waals surface area contributed by atoms with Crippen molar-refractivity contribution in [2.45, 2.75) is 46.0 Å². The van der Waals surface area contributed by atoms with E-state index in [1.165, 1.54) is 16.8 Å². The van der Waals surface area contributed by atoms with E-state index in [2.05, 4.69) is 61.0 Å². The Bertz CT molecular complexity index is 953. The molecule has 1 atom stereocenters. The van der Waals surface area contributed by atoms with Gasteiger partial charge in [-0.05, 0) is 61.1 Å². The number of hydrogen-bond donors (Lipinski definition) is 1. The first-order chi connectivity index (χ1) is 12.5. The van der Waals surface area contributed by atoms with Crippen LogP contribution in [0.5, 0.6) is 0 Å². The standard InChI is InChI=1S/C22H25N3O/c1-14(2)16-4-7-18(8-5-16)23-22(26)17-6-9-19-20(13-17)25-11-10-15(3)12-21(25)24-19/h4-5,7-8,10-12,14,17H,6,9,13H2,1-3H3,(H,23,26). The molecule has 0 radical (unpaired) electrons. The highest BCUT2D eigenvalue weighted by Crippen LogP contribution is 2.28. The third-order valence-corrected chi connectivity index (χ3v) is 5.35. The lowest BCUT2D eigenvalue weighted by atomic mass is 9.89. The van der Waals surface area contributed by atoms with Gasteiger partial charge in [-0.15, -0.1) is 0 Å². The van der Waals surface area contributed by atoms with Crippen LogP contribution in [-0.4, -0.2) is 15.3 Å². The maximum absolute atomic E-state index is 12.8. The summed E-state index contributed by atoms with van der Waals surface area (Å²) in [6.45, 7) is 6.42. The monoisotopic (exact) mass is 347 g/mol. The average Bonchev–Trinajstić information content (AvgIpc) is 2.98. The second-order valence-corrected chi connectivity index (χ2v) is 7.64. The Labute approximate surface area is 154 Å². The number of amides is 1. The van der Waals surface area contributed by atoms with Crippen LogP contribution in [0.4, 0.5) is 5.69 Å². The first kappa shape index (κ1) is 16.8. The van der Waals surface area contributed by atoms with Gasteiger partial charge in [0, 0.05) is 29.9 Å². The predicted molar refractivity (Wildman–Crippen MR) is 105 cm³/mol. The summed E-state index contributed by atoms with van der Waals surface area (Å²) in [5.74, 6) is 0.596. The van der Waals surface area contributed by atoms with Gasteiger partial charge in [0.05, 0.1) is 5.69 Å². The van der Waals surface area contributed by atoms with Gasteiger partial charge in [-0.2, -0.15) is 0 Å². The predicted octanol–water partition coefficient (Wildman–Crippen LogP) is 4.51. The average molecular weight is 347 g/mol. The Morgan fingerprint density at radius 2 is 2.00 bits per heavy atom. The van der Waals surface area contributed by atoms with Crippen molar-refractivity contribution in [2.24, 2.45) is 5.92 Å². The molecule has 2 heterocycles. The fourth-order valence-corrected chi connectivity index (χ4v) is 3.73. The molecule has 0 spiro atoms. The molecule has 0 bridgehead atoms. The molecule has 0 fully saturated rings. The minimum Gasteiger partial charge on any atom is -0.326 e. The number of pyridine rings is 1. The van der Waals surface area contributed by atoms with Crippen molar-refractivity contribution in [3.63, 3.8) is 0 Å². The highest BCUT2D eigenvalue weighted by atomic mass is 16.1. The van der Waals surface area contributed by atoms with E-state index in [9.17, 15) is 4.79 Å². The van der Waals surface area contributed by atoms with Gasteiger partial charge in [0.2, 0.25) is 5.91 Å². The lowest BCUT2D eigenvalue weighted by Gasteiger charge is -2.21. The first-order valence-corrected chi connectivity index (χ1v) is 9.38. The molecular formula is C22H25N3O. The number of nitrogens with one attached hydrogen (secondary N) is 1. The zero-order valence-electron chi connectivity index (χ0n) is 15.6. The van der Waals surface area contributed by atoms with Crippen molar-refractivity contribution in [3.05, 3.63) is 65.1 Å². The van der Waals surface area contributed by atoms with Gasteiger partial charge in [0.25, 0.3) is 0 Å². The maximum atomic E-state index is 12.8. The third kappa shape index (κ3) is 3.12. The minimum atomic E-state index is -0.00604. The normalized spacial score (nSPS) is 16.7. The van der Waals surface area contributed by atoms with Gasteiger partial charge in [0.1, 0.15) is 5.65 Å². The molecule has 1 unspecified atom stereocenters. The lowest BCUT2D eigenvalue weighted by Crippen LogP contribution is -2.28. The van der Waals surface area contributed by atoms with Crippen LogP contribution in [0.2, 0.25) is 0 Å². The van der Waals surface area contributed by atoms with Crippen LogP contribution < -0.4 is 5.32 Å². The van der Waals surface area contributed by atoms with Crippen LogP contribution in [0.3, 0.4) is 0 Å². The van der Waals surface area contributed by atoms with Crippen LogP contribution in [0.1, 0.15) is 48.7 Å². The Morgan fingerprint density at radius 1 is 1.23 bits per heavy atom. The van der Waals surface area contributed by atoms with Gasteiger partial charge < -0.3 is 9.72 Å². The molecule has 3 aromatic rings. The molecule has 2 aromatic heterocycles. The second-order valence-electron chi connectivity index (χ2n) is 7.64. The summed E-state index contributed by atoms with van der Waals surface area (Å²) in [4.78, 5) is 17.5. The van der Waals surface area contributed by atoms with Crippen molar-refractivity contribution in [1.82, 2.24) is 9.38 Å². The van der Waals surface area contributed by atoms with E-state index in [-0.39, 0.29) is 11.8 Å². The molecule has 4 rings (SSSR count). The van der Waals surface area contributed by atoms with Crippen molar-refractivity contribution in [2.75, 3.05) is 5.32 Å². The van der Waals surface area contributed by atoms with Crippen LogP contribution in [0.15, 0.2) is 42.6 Å². The Morgan fingerprint density at radius 3 is 2.73 bits per heavy atom. The third-order valence-electron chi connectivity index (χ3n) is 5.35.